The molecule has 0 fully saturated rings. The fourth-order valence-electron chi connectivity index (χ4n) is 6.81. The third-order valence-electron chi connectivity index (χ3n) is 11.1. The minimum absolute atomic E-state index is 0.0670. The molecule has 0 spiro atoms. The Balaban J connectivity index is 4.32. The lowest BCUT2D eigenvalue weighted by Crippen LogP contribution is -2.30. The highest BCUT2D eigenvalue weighted by Gasteiger charge is 2.19. The van der Waals surface area contributed by atoms with Crippen LogP contribution in [0.25, 0.3) is 0 Å². The smallest absolute Gasteiger partial charge is 0.306 e. The van der Waals surface area contributed by atoms with E-state index < -0.39 is 6.10 Å². The average Bonchev–Trinajstić information content (AvgIpc) is 3.14. The fraction of sp³-hybridized carbons (Fsp3) is 0.936. The molecule has 53 heavy (non-hydrogen) atoms. The van der Waals surface area contributed by atoms with Crippen LogP contribution in [0.5, 0.6) is 0 Å². The van der Waals surface area contributed by atoms with Gasteiger partial charge in [0.25, 0.3) is 0 Å². The zero-order valence-electron chi connectivity index (χ0n) is 36.3. The van der Waals surface area contributed by atoms with Crippen LogP contribution in [0.1, 0.15) is 247 Å². The molecule has 314 valence electrons. The zero-order valence-corrected chi connectivity index (χ0v) is 36.3. The van der Waals surface area contributed by atoms with Gasteiger partial charge in [0.15, 0.2) is 6.10 Å². The summed E-state index contributed by atoms with van der Waals surface area (Å²) >= 11 is 0. The lowest BCUT2D eigenvalue weighted by molar-refractivity contribution is -0.167. The zero-order chi connectivity index (χ0) is 39.2. The Bertz CT molecular complexity index is 826. The molecule has 0 saturated carbocycles. The number of carbonyl (C=O) groups excluding carboxylic acids is 3. The molecule has 0 aliphatic heterocycles. The second kappa shape index (κ2) is 38.7. The van der Waals surface area contributed by atoms with Gasteiger partial charge in [0, 0.05) is 19.3 Å². The summed E-state index contributed by atoms with van der Waals surface area (Å²) in [6.45, 7) is 13.6. The van der Waals surface area contributed by atoms with E-state index in [9.17, 15) is 14.4 Å². The number of esters is 3. The largest absolute Gasteiger partial charge is 0.462 e. The molecule has 0 heterocycles. The number of hydrogen-bond donors (Lipinski definition) is 0. The van der Waals surface area contributed by atoms with Gasteiger partial charge in [0.05, 0.1) is 0 Å². The Kier molecular flexibility index (Phi) is 37.5. The van der Waals surface area contributed by atoms with E-state index >= 15 is 0 Å². The van der Waals surface area contributed by atoms with Crippen LogP contribution in [0.15, 0.2) is 0 Å². The van der Waals surface area contributed by atoms with E-state index in [2.05, 4.69) is 41.5 Å². The monoisotopic (exact) mass is 751 g/mol. The lowest BCUT2D eigenvalue weighted by atomic mass is 9.99. The van der Waals surface area contributed by atoms with Gasteiger partial charge in [-0.2, -0.15) is 0 Å². The lowest BCUT2D eigenvalue weighted by Gasteiger charge is -2.18. The SMILES string of the molecule is CCC(C)CCCCCCCCCCCCC(=O)OC[C@H](COC(=O)CCCCCCCCCCC(C)CC)OC(=O)CCCCCCCCC(C)C. The van der Waals surface area contributed by atoms with Crippen LogP contribution in [0, 0.1) is 17.8 Å². The number of unbranched alkanes of at least 4 members (excludes halogenated alkanes) is 21. The second-order valence-corrected chi connectivity index (χ2v) is 17.0. The van der Waals surface area contributed by atoms with Crippen molar-refractivity contribution in [2.45, 2.75) is 253 Å². The topological polar surface area (TPSA) is 78.9 Å². The van der Waals surface area contributed by atoms with Gasteiger partial charge < -0.3 is 14.2 Å². The van der Waals surface area contributed by atoms with Crippen molar-refractivity contribution in [2.75, 3.05) is 13.2 Å². The third kappa shape index (κ3) is 38.5. The van der Waals surface area contributed by atoms with Gasteiger partial charge in [-0.05, 0) is 37.0 Å². The molecule has 0 aromatic rings. The van der Waals surface area contributed by atoms with Crippen LogP contribution < -0.4 is 0 Å². The maximum absolute atomic E-state index is 12.7. The van der Waals surface area contributed by atoms with Crippen molar-refractivity contribution in [2.24, 2.45) is 17.8 Å². The molecule has 0 bridgehead atoms. The molecular formula is C47H90O6. The molecule has 0 aromatic carbocycles. The van der Waals surface area contributed by atoms with Crippen molar-refractivity contribution in [3.8, 4) is 0 Å². The Morgan fingerprint density at radius 3 is 0.981 bits per heavy atom. The van der Waals surface area contributed by atoms with E-state index in [4.69, 9.17) is 14.2 Å². The first-order chi connectivity index (χ1) is 25.7. The number of carbonyl (C=O) groups is 3. The van der Waals surface area contributed by atoms with E-state index in [0.717, 1.165) is 75.5 Å². The minimum atomic E-state index is -0.762. The molecule has 0 aliphatic carbocycles. The number of hydrogen-bond acceptors (Lipinski definition) is 6. The van der Waals surface area contributed by atoms with Crippen LogP contribution in [-0.4, -0.2) is 37.2 Å². The summed E-state index contributed by atoms with van der Waals surface area (Å²) in [7, 11) is 0. The summed E-state index contributed by atoms with van der Waals surface area (Å²) in [6.07, 6.45) is 35.2. The van der Waals surface area contributed by atoms with Crippen LogP contribution in [-0.2, 0) is 28.6 Å². The number of rotatable bonds is 40. The highest BCUT2D eigenvalue weighted by atomic mass is 16.6. The highest BCUT2D eigenvalue weighted by molar-refractivity contribution is 5.71. The molecule has 0 amide bonds. The standard InChI is InChI=1S/C47H90O6/c1-7-42(5)34-28-22-15-11-9-10-12-17-24-30-36-45(48)51-39-44(53-47(50)38-32-26-20-19-21-27-33-41(3)4)40-52-46(49)37-31-25-18-14-13-16-23-29-35-43(6)8-2/h41-44H,7-40H2,1-6H3/t42?,43?,44-/m1/s1. The van der Waals surface area contributed by atoms with Crippen LogP contribution in [0.3, 0.4) is 0 Å². The van der Waals surface area contributed by atoms with Crippen LogP contribution in [0.4, 0.5) is 0 Å². The van der Waals surface area contributed by atoms with Crippen LogP contribution >= 0.6 is 0 Å². The fourth-order valence-corrected chi connectivity index (χ4v) is 6.81. The van der Waals surface area contributed by atoms with Crippen molar-refractivity contribution in [1.29, 1.82) is 0 Å². The first-order valence-corrected chi connectivity index (χ1v) is 23.2. The first-order valence-electron chi connectivity index (χ1n) is 23.2. The van der Waals surface area contributed by atoms with Crippen molar-refractivity contribution >= 4 is 17.9 Å². The predicted octanol–water partition coefficient (Wildman–Crippen LogP) is 14.4. The van der Waals surface area contributed by atoms with E-state index in [1.165, 1.54) is 128 Å². The molecular weight excluding hydrogens is 661 g/mol. The molecule has 0 N–H and O–H groups in total. The van der Waals surface area contributed by atoms with Gasteiger partial charge >= 0.3 is 17.9 Å². The third-order valence-corrected chi connectivity index (χ3v) is 11.1. The van der Waals surface area contributed by atoms with E-state index in [1.807, 2.05) is 0 Å². The average molecular weight is 751 g/mol. The molecule has 0 rings (SSSR count). The Labute approximate surface area is 329 Å². The first kappa shape index (κ1) is 51.4. The maximum Gasteiger partial charge on any atom is 0.306 e. The Morgan fingerprint density at radius 2 is 0.660 bits per heavy atom. The Hall–Kier alpha value is -1.59. The molecule has 2 unspecified atom stereocenters. The van der Waals surface area contributed by atoms with Crippen LogP contribution in [0.2, 0.25) is 0 Å². The quantitative estimate of drug-likeness (QED) is 0.0352. The normalized spacial score (nSPS) is 13.2. The maximum atomic E-state index is 12.7. The molecule has 0 aromatic heterocycles. The summed E-state index contributed by atoms with van der Waals surface area (Å²) in [5, 5.41) is 0. The summed E-state index contributed by atoms with van der Waals surface area (Å²) in [4.78, 5) is 37.7. The van der Waals surface area contributed by atoms with Crippen molar-refractivity contribution in [1.82, 2.24) is 0 Å². The summed E-state index contributed by atoms with van der Waals surface area (Å²) in [5.74, 6) is 1.61. The number of ether oxygens (including phenoxy) is 3. The molecule has 0 saturated heterocycles. The van der Waals surface area contributed by atoms with Crippen molar-refractivity contribution in [3.63, 3.8) is 0 Å². The van der Waals surface area contributed by atoms with E-state index in [0.29, 0.717) is 19.3 Å². The Morgan fingerprint density at radius 1 is 0.377 bits per heavy atom. The van der Waals surface area contributed by atoms with Gasteiger partial charge in [0.1, 0.15) is 13.2 Å². The van der Waals surface area contributed by atoms with Gasteiger partial charge in [0.2, 0.25) is 0 Å². The second-order valence-electron chi connectivity index (χ2n) is 17.0. The summed E-state index contributed by atoms with van der Waals surface area (Å²) in [6, 6.07) is 0. The summed E-state index contributed by atoms with van der Waals surface area (Å²) < 4.78 is 16.7. The molecule has 0 aliphatic rings. The molecule has 6 nitrogen and oxygen atoms in total. The van der Waals surface area contributed by atoms with Gasteiger partial charge in [-0.25, -0.2) is 0 Å². The summed E-state index contributed by atoms with van der Waals surface area (Å²) in [5.41, 5.74) is 0. The van der Waals surface area contributed by atoms with Crippen molar-refractivity contribution < 1.29 is 28.6 Å². The van der Waals surface area contributed by atoms with Gasteiger partial charge in [-0.15, -0.1) is 0 Å². The molecule has 3 atom stereocenters. The predicted molar refractivity (Wildman–Crippen MR) is 224 cm³/mol. The van der Waals surface area contributed by atoms with Gasteiger partial charge in [-0.1, -0.05) is 208 Å². The van der Waals surface area contributed by atoms with Crippen molar-refractivity contribution in [3.05, 3.63) is 0 Å². The minimum Gasteiger partial charge on any atom is -0.462 e. The highest BCUT2D eigenvalue weighted by Crippen LogP contribution is 2.18. The van der Waals surface area contributed by atoms with E-state index in [-0.39, 0.29) is 31.1 Å². The van der Waals surface area contributed by atoms with Gasteiger partial charge in [-0.3, -0.25) is 14.4 Å². The molecule has 6 heteroatoms. The van der Waals surface area contributed by atoms with E-state index in [1.54, 1.807) is 0 Å². The molecule has 0 radical (unpaired) electrons.